The van der Waals surface area contributed by atoms with Crippen molar-refractivity contribution >= 4 is 44.7 Å². The van der Waals surface area contributed by atoms with Gasteiger partial charge in [-0.3, -0.25) is 9.59 Å². The Hall–Kier alpha value is -3.89. The van der Waals surface area contributed by atoms with Gasteiger partial charge in [0.15, 0.2) is 21.4 Å². The molecule has 4 heterocycles. The molecular weight excluding hydrogens is 636 g/mol. The lowest BCUT2D eigenvalue weighted by Crippen LogP contribution is -2.36. The van der Waals surface area contributed by atoms with Crippen LogP contribution in [-0.2, 0) is 29.0 Å². The van der Waals surface area contributed by atoms with Crippen LogP contribution < -0.4 is 5.32 Å². The first-order valence-corrected chi connectivity index (χ1v) is 15.2. The number of benzene rings is 1. The molecule has 1 N–H and O–H groups in total. The fraction of sp³-hybridized carbons (Fsp3) is 0.320. The van der Waals surface area contributed by atoms with Crippen LogP contribution in [0.25, 0.3) is 5.82 Å². The smallest absolute Gasteiger partial charge is 0.348 e. The van der Waals surface area contributed by atoms with Crippen LogP contribution in [0.1, 0.15) is 49.9 Å². The third kappa shape index (κ3) is 6.86. The minimum Gasteiger partial charge on any atom is -0.348 e. The molecule has 18 heteroatoms. The number of aromatic nitrogens is 7. The molecule has 1 atom stereocenters. The zero-order valence-corrected chi connectivity index (χ0v) is 24.5. The van der Waals surface area contributed by atoms with Gasteiger partial charge >= 0.3 is 6.18 Å². The second-order valence-electron chi connectivity index (χ2n) is 9.80. The van der Waals surface area contributed by atoms with E-state index in [0.29, 0.717) is 15.9 Å². The number of halogens is 5. The molecule has 0 spiro atoms. The number of sulfone groups is 1. The normalized spacial score (nSPS) is 16.4. The van der Waals surface area contributed by atoms with Gasteiger partial charge < -0.3 is 5.32 Å². The van der Waals surface area contributed by atoms with Crippen LogP contribution in [-0.4, -0.2) is 72.6 Å². The van der Waals surface area contributed by atoms with Gasteiger partial charge in [-0.05, 0) is 60.0 Å². The number of Topliss-reactive ketones (excluding diaryl/α,β-unsaturated/α-hetero) is 1. The second kappa shape index (κ2) is 11.7. The van der Waals surface area contributed by atoms with E-state index in [1.165, 1.54) is 24.4 Å². The zero-order valence-electron chi connectivity index (χ0n) is 22.1. The number of aryl methyl sites for hydroxylation is 1. The summed E-state index contributed by atoms with van der Waals surface area (Å²) in [5.74, 6) is -2.71. The fourth-order valence-corrected chi connectivity index (χ4v) is 6.75. The van der Waals surface area contributed by atoms with Crippen molar-refractivity contribution in [2.24, 2.45) is 0 Å². The van der Waals surface area contributed by atoms with E-state index in [0.717, 1.165) is 4.68 Å². The Morgan fingerprint density at radius 2 is 1.93 bits per heavy atom. The molecule has 1 aliphatic rings. The fourth-order valence-electron chi connectivity index (χ4n) is 4.60. The maximum atomic E-state index is 13.8. The number of rotatable bonds is 8. The highest BCUT2D eigenvalue weighted by Gasteiger charge is 2.37. The molecule has 0 aliphatic carbocycles. The van der Waals surface area contributed by atoms with Crippen LogP contribution in [0.2, 0.25) is 10.0 Å². The molecule has 226 valence electrons. The van der Waals surface area contributed by atoms with Crippen molar-refractivity contribution in [2.45, 2.75) is 38.5 Å². The maximum absolute atomic E-state index is 13.8. The molecule has 0 saturated carbocycles. The van der Waals surface area contributed by atoms with Gasteiger partial charge in [-0.2, -0.15) is 23.1 Å². The van der Waals surface area contributed by atoms with Crippen molar-refractivity contribution in [2.75, 3.05) is 11.5 Å². The summed E-state index contributed by atoms with van der Waals surface area (Å²) < 4.78 is 63.7. The van der Waals surface area contributed by atoms with Crippen molar-refractivity contribution in [1.82, 2.24) is 40.3 Å². The maximum Gasteiger partial charge on any atom is 0.455 e. The largest absolute Gasteiger partial charge is 0.455 e. The van der Waals surface area contributed by atoms with Gasteiger partial charge in [0.1, 0.15) is 12.2 Å². The molecule has 43 heavy (non-hydrogen) atoms. The standard InChI is InChI=1S/C25H21Cl2F3N8O4S/c1-13-7-14(26)8-18(23(40)32-15-4-6-43(41,42)12-15)17(13)10-21(39)20-9-16(11-37-35-24(33-36-37)25(28,29)30)34-38(20)22-19(27)3-2-5-31-22/h2-3,5,7-9,15H,4,6,10-12H2,1H3,(H,32,40). The lowest BCUT2D eigenvalue weighted by atomic mass is 9.95. The van der Waals surface area contributed by atoms with Gasteiger partial charge in [0, 0.05) is 29.2 Å². The minimum atomic E-state index is -4.80. The van der Waals surface area contributed by atoms with Crippen LogP contribution in [0.15, 0.2) is 36.5 Å². The molecule has 1 unspecified atom stereocenters. The molecule has 4 aromatic rings. The van der Waals surface area contributed by atoms with Crippen molar-refractivity contribution in [3.63, 3.8) is 0 Å². The minimum absolute atomic E-state index is 0.0330. The van der Waals surface area contributed by atoms with E-state index in [4.69, 9.17) is 23.2 Å². The Labute approximate surface area is 252 Å². The number of amides is 1. The Balaban J connectivity index is 1.48. The molecule has 0 bridgehead atoms. The van der Waals surface area contributed by atoms with Gasteiger partial charge in [-0.15, -0.1) is 10.2 Å². The lowest BCUT2D eigenvalue weighted by Gasteiger charge is -2.16. The molecule has 1 aliphatic heterocycles. The van der Waals surface area contributed by atoms with Gasteiger partial charge in [0.05, 0.1) is 22.2 Å². The predicted molar refractivity (Wildman–Crippen MR) is 147 cm³/mol. The summed E-state index contributed by atoms with van der Waals surface area (Å²) in [6, 6.07) is 6.80. The Bertz CT molecular complexity index is 1840. The molecule has 3 aromatic heterocycles. The molecule has 5 rings (SSSR count). The second-order valence-corrected chi connectivity index (χ2v) is 12.9. The van der Waals surface area contributed by atoms with E-state index in [1.54, 1.807) is 19.1 Å². The van der Waals surface area contributed by atoms with Crippen LogP contribution in [0.4, 0.5) is 13.2 Å². The molecule has 0 radical (unpaired) electrons. The SMILES string of the molecule is Cc1cc(Cl)cc(C(=O)NC2CCS(=O)(=O)C2)c1CC(=O)c1cc(Cn2nnc(C(F)(F)F)n2)nn1-c1ncccc1Cl. The van der Waals surface area contributed by atoms with Gasteiger partial charge in [-0.25, -0.2) is 18.1 Å². The van der Waals surface area contributed by atoms with Crippen molar-refractivity contribution in [3.8, 4) is 5.82 Å². The molecule has 1 fully saturated rings. The van der Waals surface area contributed by atoms with Crippen LogP contribution in [0, 0.1) is 6.92 Å². The number of ketones is 1. The summed E-state index contributed by atoms with van der Waals surface area (Å²) in [7, 11) is -3.26. The number of carbonyl (C=O) groups is 2. The van der Waals surface area contributed by atoms with E-state index in [-0.39, 0.29) is 63.7 Å². The van der Waals surface area contributed by atoms with Crippen molar-refractivity contribution in [3.05, 3.63) is 80.5 Å². The summed E-state index contributed by atoms with van der Waals surface area (Å²) in [6.07, 6.45) is -3.43. The number of alkyl halides is 3. The summed E-state index contributed by atoms with van der Waals surface area (Å²) >= 11 is 12.5. The first-order chi connectivity index (χ1) is 20.2. The third-order valence-electron chi connectivity index (χ3n) is 6.58. The number of pyridine rings is 1. The highest BCUT2D eigenvalue weighted by molar-refractivity contribution is 7.91. The third-order valence-corrected chi connectivity index (χ3v) is 8.86. The summed E-state index contributed by atoms with van der Waals surface area (Å²) in [4.78, 5) is 31.9. The van der Waals surface area contributed by atoms with Crippen molar-refractivity contribution in [1.29, 1.82) is 0 Å². The van der Waals surface area contributed by atoms with Crippen molar-refractivity contribution < 1.29 is 31.2 Å². The van der Waals surface area contributed by atoms with E-state index in [1.807, 2.05) is 0 Å². The molecule has 1 amide bonds. The molecular formula is C25H21Cl2F3N8O4S. The number of nitrogens with one attached hydrogen (secondary N) is 1. The number of hydrogen-bond acceptors (Lipinski definition) is 9. The first kappa shape index (κ1) is 30.6. The Morgan fingerprint density at radius 3 is 2.58 bits per heavy atom. The summed E-state index contributed by atoms with van der Waals surface area (Å²) in [5, 5.41) is 17.1. The van der Waals surface area contributed by atoms with Crippen LogP contribution >= 0.6 is 23.2 Å². The monoisotopic (exact) mass is 656 g/mol. The Kier molecular flexibility index (Phi) is 8.28. The first-order valence-electron chi connectivity index (χ1n) is 12.6. The van der Waals surface area contributed by atoms with E-state index >= 15 is 0 Å². The quantitative estimate of drug-likeness (QED) is 0.281. The Morgan fingerprint density at radius 1 is 1.16 bits per heavy atom. The van der Waals surface area contributed by atoms with Crippen LogP contribution in [0.3, 0.4) is 0 Å². The number of nitrogens with zero attached hydrogens (tertiary/aromatic N) is 7. The topological polar surface area (TPSA) is 155 Å². The summed E-state index contributed by atoms with van der Waals surface area (Å²) in [5.41, 5.74) is 1.02. The van der Waals surface area contributed by atoms with Gasteiger partial charge in [0.25, 0.3) is 11.7 Å². The molecule has 1 aromatic carbocycles. The van der Waals surface area contributed by atoms with Gasteiger partial charge in [-0.1, -0.05) is 23.2 Å². The number of tetrazole rings is 1. The van der Waals surface area contributed by atoms with E-state index in [2.05, 4.69) is 30.8 Å². The molecule has 1 saturated heterocycles. The molecule has 12 nitrogen and oxygen atoms in total. The van der Waals surface area contributed by atoms with Gasteiger partial charge in [0.2, 0.25) is 0 Å². The highest BCUT2D eigenvalue weighted by Crippen LogP contribution is 2.27. The predicted octanol–water partition coefficient (Wildman–Crippen LogP) is 3.28. The number of carbonyl (C=O) groups excluding carboxylic acids is 2. The number of hydrogen-bond donors (Lipinski definition) is 1. The van der Waals surface area contributed by atoms with Crippen LogP contribution in [0.5, 0.6) is 0 Å². The zero-order chi connectivity index (χ0) is 31.1. The highest BCUT2D eigenvalue weighted by atomic mass is 35.5. The van der Waals surface area contributed by atoms with E-state index in [9.17, 15) is 31.2 Å². The van der Waals surface area contributed by atoms with E-state index < -0.39 is 39.6 Å². The lowest BCUT2D eigenvalue weighted by molar-refractivity contribution is -0.145. The average Bonchev–Trinajstić information content (AvgIpc) is 3.64. The summed E-state index contributed by atoms with van der Waals surface area (Å²) in [6.45, 7) is 1.30. The average molecular weight is 657 g/mol.